The lowest BCUT2D eigenvalue weighted by Crippen LogP contribution is -2.05. The fourth-order valence-electron chi connectivity index (χ4n) is 0.880. The Morgan fingerprint density at radius 2 is 1.71 bits per heavy atom. The molecule has 0 saturated carbocycles. The van der Waals surface area contributed by atoms with Crippen LogP contribution in [0.4, 0.5) is 22.0 Å². The van der Waals surface area contributed by atoms with Crippen LogP contribution in [0.5, 0.6) is 0 Å². The molecular formula is C8H4BrF5. The maximum absolute atomic E-state index is 12.1. The molecule has 78 valence electrons. The van der Waals surface area contributed by atoms with E-state index < -0.39 is 23.7 Å². The molecule has 0 N–H and O–H groups in total. The third kappa shape index (κ3) is 2.43. The van der Waals surface area contributed by atoms with Gasteiger partial charge in [-0.2, -0.15) is 13.2 Å². The van der Waals surface area contributed by atoms with Crippen molar-refractivity contribution in [1.82, 2.24) is 0 Å². The molecule has 0 aromatic heterocycles. The molecule has 0 amide bonds. The second-order valence-corrected chi connectivity index (χ2v) is 3.39. The number of benzene rings is 1. The second-order valence-electron chi connectivity index (χ2n) is 2.53. The maximum Gasteiger partial charge on any atom is 0.416 e. The zero-order valence-electron chi connectivity index (χ0n) is 6.58. The van der Waals surface area contributed by atoms with Crippen LogP contribution in [-0.2, 0) is 6.18 Å². The standard InChI is InChI=1S/C8H4BrF5/c9-6-3-4(8(12,13)14)1-2-5(6)7(10)11/h1-3,7H. The van der Waals surface area contributed by atoms with Crippen LogP contribution in [0.2, 0.25) is 0 Å². The van der Waals surface area contributed by atoms with Gasteiger partial charge in [0, 0.05) is 10.0 Å². The van der Waals surface area contributed by atoms with Crippen LogP contribution in [0.1, 0.15) is 17.6 Å². The third-order valence-corrected chi connectivity index (χ3v) is 2.25. The van der Waals surface area contributed by atoms with Gasteiger partial charge >= 0.3 is 6.18 Å². The van der Waals surface area contributed by atoms with E-state index in [1.54, 1.807) is 0 Å². The highest BCUT2D eigenvalue weighted by molar-refractivity contribution is 9.10. The molecule has 0 nitrogen and oxygen atoms in total. The molecule has 6 heteroatoms. The van der Waals surface area contributed by atoms with Gasteiger partial charge in [-0.1, -0.05) is 22.0 Å². The van der Waals surface area contributed by atoms with Crippen molar-refractivity contribution in [3.63, 3.8) is 0 Å². The SMILES string of the molecule is FC(F)c1ccc(C(F)(F)F)cc1Br. The van der Waals surface area contributed by atoms with E-state index in [0.717, 1.165) is 6.07 Å². The van der Waals surface area contributed by atoms with E-state index in [9.17, 15) is 22.0 Å². The van der Waals surface area contributed by atoms with E-state index in [2.05, 4.69) is 15.9 Å². The summed E-state index contributed by atoms with van der Waals surface area (Å²) in [4.78, 5) is 0. The Morgan fingerprint density at radius 1 is 1.14 bits per heavy atom. The normalized spacial score (nSPS) is 12.2. The molecule has 0 unspecified atom stereocenters. The summed E-state index contributed by atoms with van der Waals surface area (Å²) < 4.78 is 60.3. The summed E-state index contributed by atoms with van der Waals surface area (Å²) in [5, 5.41) is 0. The van der Waals surface area contributed by atoms with Gasteiger partial charge in [0.15, 0.2) is 0 Å². The highest BCUT2D eigenvalue weighted by atomic mass is 79.9. The fourth-order valence-corrected chi connectivity index (χ4v) is 1.43. The molecule has 0 aliphatic carbocycles. The van der Waals surface area contributed by atoms with Crippen molar-refractivity contribution in [3.8, 4) is 0 Å². The van der Waals surface area contributed by atoms with E-state index in [-0.39, 0.29) is 4.47 Å². The summed E-state index contributed by atoms with van der Waals surface area (Å²) in [5.41, 5.74) is -1.40. The maximum atomic E-state index is 12.1. The molecule has 0 radical (unpaired) electrons. The lowest BCUT2D eigenvalue weighted by Gasteiger charge is -2.09. The molecule has 1 rings (SSSR count). The monoisotopic (exact) mass is 274 g/mol. The lowest BCUT2D eigenvalue weighted by molar-refractivity contribution is -0.137. The van der Waals surface area contributed by atoms with Gasteiger partial charge in [-0.3, -0.25) is 0 Å². The minimum atomic E-state index is -4.51. The minimum absolute atomic E-state index is 0.234. The average molecular weight is 275 g/mol. The molecule has 1 aromatic rings. The predicted molar refractivity (Wildman–Crippen MR) is 44.1 cm³/mol. The Labute approximate surface area is 84.9 Å². The van der Waals surface area contributed by atoms with Crippen molar-refractivity contribution in [3.05, 3.63) is 33.8 Å². The molecule has 0 heterocycles. The highest BCUT2D eigenvalue weighted by Crippen LogP contribution is 2.34. The first-order valence-electron chi connectivity index (χ1n) is 3.47. The van der Waals surface area contributed by atoms with Gasteiger partial charge in [0.25, 0.3) is 6.43 Å². The van der Waals surface area contributed by atoms with Crippen LogP contribution in [0.15, 0.2) is 22.7 Å². The zero-order chi connectivity index (χ0) is 10.9. The fraction of sp³-hybridized carbons (Fsp3) is 0.250. The Balaban J connectivity index is 3.13. The van der Waals surface area contributed by atoms with Crippen molar-refractivity contribution >= 4 is 15.9 Å². The largest absolute Gasteiger partial charge is 0.416 e. The lowest BCUT2D eigenvalue weighted by atomic mass is 10.1. The molecule has 0 fully saturated rings. The third-order valence-electron chi connectivity index (χ3n) is 1.56. The molecule has 0 spiro atoms. The summed E-state index contributed by atoms with van der Waals surface area (Å²) in [6.45, 7) is 0. The minimum Gasteiger partial charge on any atom is -0.205 e. The topological polar surface area (TPSA) is 0 Å². The first-order chi connectivity index (χ1) is 6.32. The van der Waals surface area contributed by atoms with Crippen molar-refractivity contribution in [2.75, 3.05) is 0 Å². The van der Waals surface area contributed by atoms with Gasteiger partial charge in [-0.25, -0.2) is 8.78 Å². The predicted octanol–water partition coefficient (Wildman–Crippen LogP) is 4.41. The molecule has 1 aromatic carbocycles. The van der Waals surface area contributed by atoms with E-state index in [1.165, 1.54) is 0 Å². The van der Waals surface area contributed by atoms with Gasteiger partial charge in [0.05, 0.1) is 5.56 Å². The molecule has 0 saturated heterocycles. The molecule has 0 aliphatic heterocycles. The van der Waals surface area contributed by atoms with Gasteiger partial charge in [0.2, 0.25) is 0 Å². The van der Waals surface area contributed by atoms with Crippen molar-refractivity contribution in [2.45, 2.75) is 12.6 Å². The number of alkyl halides is 5. The van der Waals surface area contributed by atoms with Crippen LogP contribution < -0.4 is 0 Å². The Bertz CT molecular complexity index is 331. The quantitative estimate of drug-likeness (QED) is 0.666. The summed E-state index contributed by atoms with van der Waals surface area (Å²) >= 11 is 2.66. The molecule has 0 atom stereocenters. The Hall–Kier alpha value is -0.650. The highest BCUT2D eigenvalue weighted by Gasteiger charge is 2.31. The number of rotatable bonds is 1. The van der Waals surface area contributed by atoms with Crippen LogP contribution in [0.25, 0.3) is 0 Å². The van der Waals surface area contributed by atoms with Crippen molar-refractivity contribution in [2.24, 2.45) is 0 Å². The number of hydrogen-bond donors (Lipinski definition) is 0. The summed E-state index contributed by atoms with van der Waals surface area (Å²) in [5.74, 6) is 0. The number of hydrogen-bond acceptors (Lipinski definition) is 0. The van der Waals surface area contributed by atoms with Crippen LogP contribution in [-0.4, -0.2) is 0 Å². The van der Waals surface area contributed by atoms with E-state index in [0.29, 0.717) is 12.1 Å². The van der Waals surface area contributed by atoms with E-state index in [4.69, 9.17) is 0 Å². The molecule has 0 aliphatic rings. The average Bonchev–Trinajstić information content (AvgIpc) is 2.01. The first-order valence-corrected chi connectivity index (χ1v) is 4.26. The van der Waals surface area contributed by atoms with Gasteiger partial charge in [0.1, 0.15) is 0 Å². The Morgan fingerprint density at radius 3 is 2.07 bits per heavy atom. The summed E-state index contributed by atoms with van der Waals surface area (Å²) in [6.07, 6.45) is -7.30. The van der Waals surface area contributed by atoms with E-state index >= 15 is 0 Å². The van der Waals surface area contributed by atoms with Crippen LogP contribution in [0, 0.1) is 0 Å². The number of halogens is 6. The first kappa shape index (κ1) is 11.4. The smallest absolute Gasteiger partial charge is 0.205 e. The summed E-state index contributed by atoms with van der Waals surface area (Å²) in [6, 6.07) is 2.03. The second kappa shape index (κ2) is 3.84. The van der Waals surface area contributed by atoms with Crippen molar-refractivity contribution in [1.29, 1.82) is 0 Å². The summed E-state index contributed by atoms with van der Waals surface area (Å²) in [7, 11) is 0. The zero-order valence-corrected chi connectivity index (χ0v) is 8.16. The molecule has 0 bridgehead atoms. The van der Waals surface area contributed by atoms with Crippen molar-refractivity contribution < 1.29 is 22.0 Å². The molecular weight excluding hydrogens is 271 g/mol. The Kier molecular flexibility index (Phi) is 3.14. The van der Waals surface area contributed by atoms with Gasteiger partial charge in [-0.05, 0) is 12.1 Å². The van der Waals surface area contributed by atoms with Crippen LogP contribution in [0.3, 0.4) is 0 Å². The van der Waals surface area contributed by atoms with Crippen LogP contribution >= 0.6 is 15.9 Å². The van der Waals surface area contributed by atoms with E-state index in [1.807, 2.05) is 0 Å². The van der Waals surface area contributed by atoms with Gasteiger partial charge in [-0.15, -0.1) is 0 Å². The van der Waals surface area contributed by atoms with Gasteiger partial charge < -0.3 is 0 Å². The molecule has 14 heavy (non-hydrogen) atoms.